The summed E-state index contributed by atoms with van der Waals surface area (Å²) in [6, 6.07) is 10.5. The van der Waals surface area contributed by atoms with E-state index in [0.717, 1.165) is 24.3 Å². The second-order valence-electron chi connectivity index (χ2n) is 5.28. The molecule has 0 aliphatic heterocycles. The van der Waals surface area contributed by atoms with Crippen molar-refractivity contribution in [2.45, 2.75) is 18.1 Å². The third-order valence-corrected chi connectivity index (χ3v) is 4.76. The first-order chi connectivity index (χ1) is 13.2. The molecule has 11 nitrogen and oxygen atoms in total. The van der Waals surface area contributed by atoms with Gasteiger partial charge in [-0.2, -0.15) is 0 Å². The number of hydrogen-bond donors (Lipinski definition) is 2. The number of ether oxygens (including phenoxy) is 1. The van der Waals surface area contributed by atoms with Crippen LogP contribution in [-0.4, -0.2) is 30.7 Å². The number of nitrogens with one attached hydrogen (secondary N) is 1. The van der Waals surface area contributed by atoms with Gasteiger partial charge in [0.25, 0.3) is 15.1 Å². The van der Waals surface area contributed by atoms with E-state index in [1.54, 1.807) is 16.9 Å². The minimum Gasteiger partial charge on any atom is -0.478 e. The number of aromatic carboxylic acids is 1. The number of amides is 1. The van der Waals surface area contributed by atoms with Crippen LogP contribution < -0.4 is 4.72 Å². The van der Waals surface area contributed by atoms with Gasteiger partial charge < -0.3 is 14.7 Å². The second kappa shape index (κ2) is 8.81. The molecule has 0 saturated carbocycles. The van der Waals surface area contributed by atoms with Crippen molar-refractivity contribution < 1.29 is 37.8 Å². The Morgan fingerprint density at radius 3 is 2.14 bits per heavy atom. The highest BCUT2D eigenvalue weighted by atomic mass is 32.2. The molecule has 2 aromatic rings. The Bertz CT molecular complexity index is 987. The molecular formula is C16H14N2O9S. The molecule has 0 radical (unpaired) electrons. The molecule has 0 atom stereocenters. The molecule has 0 aromatic heterocycles. The summed E-state index contributed by atoms with van der Waals surface area (Å²) in [4.78, 5) is 36.8. The monoisotopic (exact) mass is 410 g/mol. The van der Waals surface area contributed by atoms with Gasteiger partial charge in [0.1, 0.15) is 13.2 Å². The molecule has 0 aliphatic carbocycles. The van der Waals surface area contributed by atoms with E-state index in [0.29, 0.717) is 11.1 Å². The first-order valence-corrected chi connectivity index (χ1v) is 9.04. The van der Waals surface area contributed by atoms with E-state index in [2.05, 4.69) is 4.84 Å². The molecular weight excluding hydrogens is 396 g/mol. The number of carboxylic acids is 1. The lowest BCUT2D eigenvalue weighted by molar-refractivity contribution is -0.763. The Balaban J connectivity index is 2.00. The van der Waals surface area contributed by atoms with Crippen LogP contribution in [0, 0.1) is 10.1 Å². The van der Waals surface area contributed by atoms with Crippen LogP contribution in [0.1, 0.15) is 21.5 Å². The van der Waals surface area contributed by atoms with E-state index in [9.17, 15) is 28.1 Å². The van der Waals surface area contributed by atoms with Gasteiger partial charge in [0.2, 0.25) is 0 Å². The van der Waals surface area contributed by atoms with Crippen LogP contribution >= 0.6 is 0 Å². The first kappa shape index (κ1) is 20.6. The van der Waals surface area contributed by atoms with Crippen molar-refractivity contribution in [2.24, 2.45) is 0 Å². The Kier molecular flexibility index (Phi) is 6.50. The maximum absolute atomic E-state index is 12.1. The Morgan fingerprint density at radius 1 is 1.04 bits per heavy atom. The van der Waals surface area contributed by atoms with Gasteiger partial charge in [-0.3, -0.25) is 0 Å². The summed E-state index contributed by atoms with van der Waals surface area (Å²) in [6.45, 7) is -0.709. The predicted molar refractivity (Wildman–Crippen MR) is 92.1 cm³/mol. The van der Waals surface area contributed by atoms with E-state index in [-0.39, 0.29) is 23.7 Å². The maximum Gasteiger partial charge on any atom is 0.421 e. The van der Waals surface area contributed by atoms with Crippen molar-refractivity contribution in [3.63, 3.8) is 0 Å². The molecule has 28 heavy (non-hydrogen) atoms. The maximum atomic E-state index is 12.1. The summed E-state index contributed by atoms with van der Waals surface area (Å²) >= 11 is 0. The molecule has 2 aromatic carbocycles. The zero-order valence-corrected chi connectivity index (χ0v) is 14.9. The number of sulfonamides is 1. The number of carbonyl (C=O) groups is 2. The lowest BCUT2D eigenvalue weighted by atomic mass is 10.1. The van der Waals surface area contributed by atoms with Crippen molar-refractivity contribution >= 4 is 22.1 Å². The Hall–Kier alpha value is -3.67. The number of carboxylic acid groups (broad SMARTS) is 1. The molecule has 0 unspecified atom stereocenters. The van der Waals surface area contributed by atoms with E-state index >= 15 is 0 Å². The topological polar surface area (TPSA) is 162 Å². The second-order valence-corrected chi connectivity index (χ2v) is 6.96. The van der Waals surface area contributed by atoms with E-state index in [4.69, 9.17) is 9.84 Å². The normalized spacial score (nSPS) is 10.7. The van der Waals surface area contributed by atoms with Crippen LogP contribution in [-0.2, 0) is 32.8 Å². The summed E-state index contributed by atoms with van der Waals surface area (Å²) in [5.41, 5.74) is 0.664. The van der Waals surface area contributed by atoms with Gasteiger partial charge >= 0.3 is 12.1 Å². The Labute approximate surface area is 158 Å². The molecule has 0 heterocycles. The fourth-order valence-electron chi connectivity index (χ4n) is 2.08. The van der Waals surface area contributed by atoms with Gasteiger partial charge in [-0.1, -0.05) is 24.3 Å². The smallest absolute Gasteiger partial charge is 0.421 e. The third kappa shape index (κ3) is 5.67. The first-order valence-electron chi connectivity index (χ1n) is 7.56. The van der Waals surface area contributed by atoms with Gasteiger partial charge in [-0.15, -0.1) is 10.1 Å². The standard InChI is InChI=1S/C16H14N2O9S/c19-15(20)11-5-7-14(8-6-11)28(24,25)17-16(21)26-9-12-3-1-2-4-13(12)10-27-18(22)23/h1-8H,9-10H2,(H,17,21)(H,19,20). The quantitative estimate of drug-likeness (QED) is 0.487. The summed E-state index contributed by atoms with van der Waals surface area (Å²) in [6.07, 6.45) is -1.27. The summed E-state index contributed by atoms with van der Waals surface area (Å²) in [7, 11) is -4.27. The average molecular weight is 410 g/mol. The molecule has 0 fully saturated rings. The number of nitrogens with zero attached hydrogens (tertiary/aromatic N) is 1. The number of benzene rings is 2. The molecule has 0 spiro atoms. The number of hydrogen-bond acceptors (Lipinski definition) is 8. The lowest BCUT2D eigenvalue weighted by Crippen LogP contribution is -2.31. The number of carbonyl (C=O) groups excluding carboxylic acids is 1. The van der Waals surface area contributed by atoms with E-state index < -0.39 is 27.2 Å². The van der Waals surface area contributed by atoms with Crippen molar-refractivity contribution in [1.29, 1.82) is 0 Å². The van der Waals surface area contributed by atoms with Crippen molar-refractivity contribution in [2.75, 3.05) is 0 Å². The summed E-state index contributed by atoms with van der Waals surface area (Å²) < 4.78 is 30.8. The fourth-order valence-corrected chi connectivity index (χ4v) is 2.97. The van der Waals surface area contributed by atoms with Crippen molar-refractivity contribution in [3.8, 4) is 0 Å². The molecule has 12 heteroatoms. The highest BCUT2D eigenvalue weighted by Gasteiger charge is 2.19. The fraction of sp³-hybridized carbons (Fsp3) is 0.125. The van der Waals surface area contributed by atoms with Crippen LogP contribution in [0.2, 0.25) is 0 Å². The predicted octanol–water partition coefficient (Wildman–Crippen LogP) is 1.71. The van der Waals surface area contributed by atoms with Crippen LogP contribution in [0.3, 0.4) is 0 Å². The van der Waals surface area contributed by atoms with E-state index in [1.807, 2.05) is 0 Å². The van der Waals surface area contributed by atoms with Crippen LogP contribution in [0.15, 0.2) is 53.4 Å². The van der Waals surface area contributed by atoms with Gasteiger partial charge in [0, 0.05) is 0 Å². The molecule has 1 amide bonds. The van der Waals surface area contributed by atoms with Crippen molar-refractivity contribution in [3.05, 3.63) is 75.3 Å². The van der Waals surface area contributed by atoms with E-state index in [1.165, 1.54) is 12.1 Å². The highest BCUT2D eigenvalue weighted by Crippen LogP contribution is 2.13. The zero-order valence-electron chi connectivity index (χ0n) is 14.1. The third-order valence-electron chi connectivity index (χ3n) is 3.43. The minimum absolute atomic E-state index is 0.116. The van der Waals surface area contributed by atoms with Crippen LogP contribution in [0.25, 0.3) is 0 Å². The number of rotatable bonds is 8. The highest BCUT2D eigenvalue weighted by molar-refractivity contribution is 7.90. The zero-order chi connectivity index (χ0) is 20.7. The molecule has 148 valence electrons. The summed E-state index contributed by atoms with van der Waals surface area (Å²) in [5.74, 6) is -1.23. The van der Waals surface area contributed by atoms with Gasteiger partial charge in [0.05, 0.1) is 10.5 Å². The van der Waals surface area contributed by atoms with Gasteiger partial charge in [0.15, 0.2) is 0 Å². The molecule has 0 bridgehead atoms. The minimum atomic E-state index is -4.27. The summed E-state index contributed by atoms with van der Waals surface area (Å²) in [5, 5.41) is 18.1. The van der Waals surface area contributed by atoms with Crippen LogP contribution in [0.4, 0.5) is 4.79 Å². The lowest BCUT2D eigenvalue weighted by Gasteiger charge is -2.11. The largest absolute Gasteiger partial charge is 0.478 e. The van der Waals surface area contributed by atoms with Gasteiger partial charge in [-0.05, 0) is 35.4 Å². The molecule has 2 rings (SSSR count). The Morgan fingerprint density at radius 2 is 1.61 bits per heavy atom. The molecule has 2 N–H and O–H groups in total. The average Bonchev–Trinajstić information content (AvgIpc) is 2.65. The van der Waals surface area contributed by atoms with Gasteiger partial charge in [-0.25, -0.2) is 22.7 Å². The molecule has 0 aliphatic rings. The SMILES string of the molecule is O=C(NS(=O)(=O)c1ccc(C(=O)O)cc1)OCc1ccccc1CO[N+](=O)[O-]. The van der Waals surface area contributed by atoms with Crippen molar-refractivity contribution in [1.82, 2.24) is 4.72 Å². The van der Waals surface area contributed by atoms with Crippen LogP contribution in [0.5, 0.6) is 0 Å². The molecule has 0 saturated heterocycles.